The van der Waals surface area contributed by atoms with Crippen LogP contribution in [0.15, 0.2) is 17.0 Å². The smallest absolute Gasteiger partial charge is 0.242 e. The van der Waals surface area contributed by atoms with Gasteiger partial charge in [-0.05, 0) is 12.8 Å². The van der Waals surface area contributed by atoms with Crippen molar-refractivity contribution in [1.82, 2.24) is 4.72 Å². The Morgan fingerprint density at radius 1 is 1.17 bits per heavy atom. The molecule has 0 amide bonds. The molecular weight excluding hydrogens is 363 g/mol. The average Bonchev–Trinajstić information content (AvgIpc) is 2.48. The molecule has 1 aromatic carbocycles. The largest absolute Gasteiger partial charge is 0.493 e. The van der Waals surface area contributed by atoms with Gasteiger partial charge in [0, 0.05) is 24.2 Å². The normalized spacial score (nSPS) is 21.4. The second-order valence-corrected chi connectivity index (χ2v) is 7.40. The Balaban J connectivity index is 0.00000264. The molecule has 0 aromatic heterocycles. The van der Waals surface area contributed by atoms with E-state index in [4.69, 9.17) is 26.8 Å². The Labute approximate surface area is 148 Å². The minimum Gasteiger partial charge on any atom is -0.493 e. The maximum atomic E-state index is 12.6. The quantitative estimate of drug-likeness (QED) is 0.812. The van der Waals surface area contributed by atoms with Crippen LogP contribution in [0.2, 0.25) is 5.02 Å². The molecule has 132 valence electrons. The molecule has 1 saturated carbocycles. The minimum atomic E-state index is -3.78. The van der Waals surface area contributed by atoms with Crippen molar-refractivity contribution in [2.75, 3.05) is 14.2 Å². The zero-order valence-electron chi connectivity index (χ0n) is 13.0. The van der Waals surface area contributed by atoms with Crippen LogP contribution in [0.25, 0.3) is 0 Å². The number of halogens is 2. The fourth-order valence-electron chi connectivity index (χ4n) is 2.61. The van der Waals surface area contributed by atoms with Gasteiger partial charge in [-0.1, -0.05) is 24.4 Å². The first-order valence-electron chi connectivity index (χ1n) is 7.08. The minimum absolute atomic E-state index is 0. The van der Waals surface area contributed by atoms with E-state index in [-0.39, 0.29) is 34.4 Å². The summed E-state index contributed by atoms with van der Waals surface area (Å²) in [4.78, 5) is -0.0374. The number of nitrogens with one attached hydrogen (secondary N) is 1. The summed E-state index contributed by atoms with van der Waals surface area (Å²) in [6, 6.07) is 2.33. The van der Waals surface area contributed by atoms with Gasteiger partial charge >= 0.3 is 0 Å². The average molecular weight is 385 g/mol. The van der Waals surface area contributed by atoms with Gasteiger partial charge in [-0.3, -0.25) is 0 Å². The molecule has 1 fully saturated rings. The van der Waals surface area contributed by atoms with E-state index in [1.807, 2.05) is 0 Å². The third-order valence-electron chi connectivity index (χ3n) is 3.85. The van der Waals surface area contributed by atoms with Crippen LogP contribution in [0.4, 0.5) is 0 Å². The van der Waals surface area contributed by atoms with E-state index < -0.39 is 10.0 Å². The van der Waals surface area contributed by atoms with Crippen LogP contribution in [-0.4, -0.2) is 34.7 Å². The SMILES string of the molecule is COc1cc(Cl)c(S(=O)(=O)N[C@@H]2CCCC[C@H]2N)cc1OC.Cl. The molecule has 0 saturated heterocycles. The lowest BCUT2D eigenvalue weighted by Gasteiger charge is -2.29. The predicted molar refractivity (Wildman–Crippen MR) is 92.4 cm³/mol. The number of methoxy groups -OCH3 is 2. The Hall–Kier alpha value is -0.730. The van der Waals surface area contributed by atoms with Crippen molar-refractivity contribution in [3.63, 3.8) is 0 Å². The third-order valence-corrected chi connectivity index (χ3v) is 5.81. The van der Waals surface area contributed by atoms with Crippen molar-refractivity contribution >= 4 is 34.0 Å². The van der Waals surface area contributed by atoms with Gasteiger partial charge in [-0.2, -0.15) is 0 Å². The molecule has 2 rings (SSSR count). The lowest BCUT2D eigenvalue weighted by molar-refractivity contribution is 0.353. The summed E-state index contributed by atoms with van der Waals surface area (Å²) >= 11 is 6.09. The van der Waals surface area contributed by atoms with Crippen LogP contribution in [0.1, 0.15) is 25.7 Å². The van der Waals surface area contributed by atoms with Gasteiger partial charge in [0.2, 0.25) is 10.0 Å². The van der Waals surface area contributed by atoms with Crippen molar-refractivity contribution < 1.29 is 17.9 Å². The van der Waals surface area contributed by atoms with Crippen LogP contribution in [0, 0.1) is 0 Å². The van der Waals surface area contributed by atoms with E-state index in [1.165, 1.54) is 26.4 Å². The molecule has 0 unspecified atom stereocenters. The Morgan fingerprint density at radius 2 is 1.74 bits per heavy atom. The second kappa shape index (κ2) is 8.39. The summed E-state index contributed by atoms with van der Waals surface area (Å²) in [6.45, 7) is 0. The molecule has 6 nitrogen and oxygen atoms in total. The zero-order chi connectivity index (χ0) is 16.3. The fourth-order valence-corrected chi connectivity index (χ4v) is 4.46. The van der Waals surface area contributed by atoms with Crippen molar-refractivity contribution in [2.45, 2.75) is 42.7 Å². The molecule has 0 aliphatic heterocycles. The highest BCUT2D eigenvalue weighted by Crippen LogP contribution is 2.35. The van der Waals surface area contributed by atoms with Crippen LogP contribution >= 0.6 is 24.0 Å². The number of hydrogen-bond acceptors (Lipinski definition) is 5. The number of benzene rings is 1. The first kappa shape index (κ1) is 20.3. The molecule has 0 spiro atoms. The number of sulfonamides is 1. The maximum Gasteiger partial charge on any atom is 0.242 e. The van der Waals surface area contributed by atoms with Crippen molar-refractivity contribution in [3.05, 3.63) is 17.2 Å². The summed E-state index contributed by atoms with van der Waals surface area (Å²) in [5.41, 5.74) is 6.00. The monoisotopic (exact) mass is 384 g/mol. The van der Waals surface area contributed by atoms with Gasteiger partial charge in [0.05, 0.1) is 19.2 Å². The first-order valence-corrected chi connectivity index (χ1v) is 8.94. The molecule has 3 N–H and O–H groups in total. The summed E-state index contributed by atoms with van der Waals surface area (Å²) in [5, 5.41) is 0.0783. The van der Waals surface area contributed by atoms with Gasteiger partial charge < -0.3 is 15.2 Å². The second-order valence-electron chi connectivity index (χ2n) is 5.31. The van der Waals surface area contributed by atoms with E-state index >= 15 is 0 Å². The number of ether oxygens (including phenoxy) is 2. The topological polar surface area (TPSA) is 90.7 Å². The molecule has 1 aliphatic carbocycles. The summed E-state index contributed by atoms with van der Waals surface area (Å²) < 4.78 is 38.1. The highest BCUT2D eigenvalue weighted by atomic mass is 35.5. The Morgan fingerprint density at radius 3 is 2.30 bits per heavy atom. The van der Waals surface area contributed by atoms with Gasteiger partial charge in [0.1, 0.15) is 4.90 Å². The van der Waals surface area contributed by atoms with Gasteiger partial charge in [-0.25, -0.2) is 13.1 Å². The lowest BCUT2D eigenvalue weighted by atomic mass is 9.92. The van der Waals surface area contributed by atoms with Crippen LogP contribution in [-0.2, 0) is 10.0 Å². The van der Waals surface area contributed by atoms with E-state index in [0.717, 1.165) is 25.7 Å². The standard InChI is InChI=1S/C14H21ClN2O4S.ClH/c1-20-12-7-9(15)14(8-13(12)21-2)22(18,19)17-11-6-4-3-5-10(11)16;/h7-8,10-11,17H,3-6,16H2,1-2H3;1H/t10-,11-;/m1./s1. The van der Waals surface area contributed by atoms with Gasteiger partial charge in [0.25, 0.3) is 0 Å². The summed E-state index contributed by atoms with van der Waals surface area (Å²) in [6.07, 6.45) is 3.52. The van der Waals surface area contributed by atoms with Crippen LogP contribution in [0.5, 0.6) is 11.5 Å². The Kier molecular flexibility index (Phi) is 7.41. The van der Waals surface area contributed by atoms with Crippen molar-refractivity contribution in [3.8, 4) is 11.5 Å². The molecule has 0 bridgehead atoms. The van der Waals surface area contributed by atoms with Gasteiger partial charge in [-0.15, -0.1) is 12.4 Å². The molecule has 1 aromatic rings. The predicted octanol–water partition coefficient (Wildman–Crippen LogP) is 2.33. The number of rotatable bonds is 5. The van der Waals surface area contributed by atoms with Crippen LogP contribution in [0.3, 0.4) is 0 Å². The van der Waals surface area contributed by atoms with E-state index in [9.17, 15) is 8.42 Å². The van der Waals surface area contributed by atoms with Crippen molar-refractivity contribution in [1.29, 1.82) is 0 Å². The van der Waals surface area contributed by atoms with E-state index in [0.29, 0.717) is 11.5 Å². The highest BCUT2D eigenvalue weighted by Gasteiger charge is 2.29. The zero-order valence-corrected chi connectivity index (χ0v) is 15.4. The maximum absolute atomic E-state index is 12.6. The molecule has 2 atom stereocenters. The number of nitrogens with two attached hydrogens (primary N) is 1. The molecule has 0 heterocycles. The van der Waals surface area contributed by atoms with E-state index in [2.05, 4.69) is 4.72 Å². The molecular formula is C14H22Cl2N2O4S. The summed E-state index contributed by atoms with van der Waals surface area (Å²) in [7, 11) is -0.881. The molecule has 0 radical (unpaired) electrons. The van der Waals surface area contributed by atoms with Crippen LogP contribution < -0.4 is 19.9 Å². The van der Waals surface area contributed by atoms with Crippen molar-refractivity contribution in [2.24, 2.45) is 5.73 Å². The Bertz CT molecular complexity index is 640. The molecule has 1 aliphatic rings. The lowest BCUT2D eigenvalue weighted by Crippen LogP contribution is -2.49. The number of hydrogen-bond donors (Lipinski definition) is 2. The summed E-state index contributed by atoms with van der Waals surface area (Å²) in [5.74, 6) is 0.682. The van der Waals surface area contributed by atoms with E-state index in [1.54, 1.807) is 0 Å². The molecule has 9 heteroatoms. The molecule has 23 heavy (non-hydrogen) atoms. The first-order chi connectivity index (χ1) is 10.4. The third kappa shape index (κ3) is 4.64. The highest BCUT2D eigenvalue weighted by molar-refractivity contribution is 7.89. The van der Waals surface area contributed by atoms with Gasteiger partial charge in [0.15, 0.2) is 11.5 Å². The fraction of sp³-hybridized carbons (Fsp3) is 0.571.